The van der Waals surface area contributed by atoms with Crippen LogP contribution in [-0.2, 0) is 16.6 Å². The van der Waals surface area contributed by atoms with Gasteiger partial charge in [-0.15, -0.1) is 0 Å². The van der Waals surface area contributed by atoms with Crippen LogP contribution < -0.4 is 9.46 Å². The molecule has 1 saturated heterocycles. The standard InChI is InChI=1S/C25H29Cl2FN2O4S/c1-15-3-4-16(12-30(15)13-17-7-19(26)9-20(27)8-17)14-34-24-11-23(28)22(10-21(24)18-5-6-18)25(31)29-35(2,32)33/h7-11,15-16,18H,3-6,12-14H2,1-2H3,(H,29,31)/t15-,16-/m1/s1. The Hall–Kier alpha value is -1.87. The molecule has 2 aromatic carbocycles. The summed E-state index contributed by atoms with van der Waals surface area (Å²) in [6.45, 7) is 4.17. The van der Waals surface area contributed by atoms with E-state index in [0.717, 1.165) is 56.2 Å². The van der Waals surface area contributed by atoms with E-state index in [1.807, 2.05) is 16.9 Å². The van der Waals surface area contributed by atoms with Gasteiger partial charge >= 0.3 is 0 Å². The second-order valence-corrected chi connectivity index (χ2v) is 12.3. The van der Waals surface area contributed by atoms with Crippen LogP contribution in [0.15, 0.2) is 30.3 Å². The molecule has 0 bridgehead atoms. The highest BCUT2D eigenvalue weighted by atomic mass is 35.5. The fourth-order valence-corrected chi connectivity index (χ4v) is 5.59. The predicted octanol–water partition coefficient (Wildman–Crippen LogP) is 5.38. The van der Waals surface area contributed by atoms with Crippen molar-refractivity contribution in [1.29, 1.82) is 0 Å². The fraction of sp³-hybridized carbons (Fsp3) is 0.480. The summed E-state index contributed by atoms with van der Waals surface area (Å²) >= 11 is 12.3. The number of likely N-dealkylation sites (tertiary alicyclic amines) is 1. The number of ether oxygens (including phenoxy) is 1. The first-order valence-electron chi connectivity index (χ1n) is 11.7. The highest BCUT2D eigenvalue weighted by molar-refractivity contribution is 7.89. The first-order valence-corrected chi connectivity index (χ1v) is 14.3. The first-order chi connectivity index (χ1) is 16.5. The van der Waals surface area contributed by atoms with Crippen LogP contribution in [0.4, 0.5) is 4.39 Å². The van der Waals surface area contributed by atoms with Crippen molar-refractivity contribution < 1.29 is 22.3 Å². The summed E-state index contributed by atoms with van der Waals surface area (Å²) in [5.41, 5.74) is 1.51. The largest absolute Gasteiger partial charge is 0.493 e. The van der Waals surface area contributed by atoms with Crippen LogP contribution in [0.2, 0.25) is 10.0 Å². The molecular formula is C25H29Cl2FN2O4S. The molecule has 190 valence electrons. The molecule has 6 nitrogen and oxygen atoms in total. The van der Waals surface area contributed by atoms with Crippen LogP contribution in [0.5, 0.6) is 5.75 Å². The Morgan fingerprint density at radius 3 is 2.43 bits per heavy atom. The molecule has 1 aliphatic heterocycles. The van der Waals surface area contributed by atoms with E-state index in [1.165, 1.54) is 12.1 Å². The number of halogens is 3. The Kier molecular flexibility index (Phi) is 7.95. The minimum Gasteiger partial charge on any atom is -0.493 e. The summed E-state index contributed by atoms with van der Waals surface area (Å²) in [7, 11) is -3.79. The number of hydrogen-bond acceptors (Lipinski definition) is 5. The summed E-state index contributed by atoms with van der Waals surface area (Å²) in [4.78, 5) is 14.6. The summed E-state index contributed by atoms with van der Waals surface area (Å²) in [5.74, 6) is -0.915. The van der Waals surface area contributed by atoms with Crippen molar-refractivity contribution in [3.05, 3.63) is 62.9 Å². The predicted molar refractivity (Wildman–Crippen MR) is 135 cm³/mol. The molecule has 1 amide bonds. The zero-order chi connectivity index (χ0) is 25.3. The molecule has 0 aromatic heterocycles. The van der Waals surface area contributed by atoms with Crippen LogP contribution >= 0.6 is 23.2 Å². The molecule has 2 atom stereocenters. The Labute approximate surface area is 215 Å². The number of carbonyl (C=O) groups is 1. The minimum absolute atomic E-state index is 0.186. The lowest BCUT2D eigenvalue weighted by Crippen LogP contribution is -2.42. The highest BCUT2D eigenvalue weighted by Crippen LogP contribution is 2.45. The lowest BCUT2D eigenvalue weighted by molar-refractivity contribution is 0.0831. The SMILES string of the molecule is C[C@@H]1CC[C@@H](COc2cc(F)c(C(=O)NS(C)(=O)=O)cc2C2CC2)CN1Cc1cc(Cl)cc(Cl)c1. The van der Waals surface area contributed by atoms with Gasteiger partial charge in [0.15, 0.2) is 0 Å². The van der Waals surface area contributed by atoms with Gasteiger partial charge in [0.05, 0.1) is 18.4 Å². The topological polar surface area (TPSA) is 75.7 Å². The minimum atomic E-state index is -3.79. The van der Waals surface area contributed by atoms with Crippen molar-refractivity contribution in [2.24, 2.45) is 5.92 Å². The third kappa shape index (κ3) is 7.09. The number of benzene rings is 2. The van der Waals surface area contributed by atoms with Gasteiger partial charge in [-0.1, -0.05) is 23.2 Å². The van der Waals surface area contributed by atoms with Crippen LogP contribution in [0.25, 0.3) is 0 Å². The van der Waals surface area contributed by atoms with E-state index in [-0.39, 0.29) is 17.4 Å². The molecule has 0 radical (unpaired) electrons. The van der Waals surface area contributed by atoms with Crippen LogP contribution in [0.1, 0.15) is 60.0 Å². The van der Waals surface area contributed by atoms with Crippen LogP contribution in [0.3, 0.4) is 0 Å². The molecule has 1 aliphatic carbocycles. The number of nitrogens with zero attached hydrogens (tertiary/aromatic N) is 1. The van der Waals surface area contributed by atoms with Crippen molar-refractivity contribution in [3.8, 4) is 5.75 Å². The van der Waals surface area contributed by atoms with E-state index >= 15 is 0 Å². The van der Waals surface area contributed by atoms with E-state index in [4.69, 9.17) is 27.9 Å². The summed E-state index contributed by atoms with van der Waals surface area (Å²) in [6.07, 6.45) is 4.70. The number of nitrogens with one attached hydrogen (secondary N) is 1. The van der Waals surface area contributed by atoms with Crippen molar-refractivity contribution in [1.82, 2.24) is 9.62 Å². The van der Waals surface area contributed by atoms with E-state index < -0.39 is 21.7 Å². The Morgan fingerprint density at radius 2 is 1.80 bits per heavy atom. The number of sulfonamides is 1. The number of amides is 1. The van der Waals surface area contributed by atoms with Gasteiger partial charge in [0.25, 0.3) is 5.91 Å². The second kappa shape index (κ2) is 10.6. The molecule has 0 spiro atoms. The number of rotatable bonds is 8. The van der Waals surface area contributed by atoms with Gasteiger partial charge in [0, 0.05) is 41.2 Å². The monoisotopic (exact) mass is 542 g/mol. The lowest BCUT2D eigenvalue weighted by atomic mass is 9.93. The smallest absolute Gasteiger partial charge is 0.267 e. The number of hydrogen-bond donors (Lipinski definition) is 1. The molecule has 2 fully saturated rings. The van der Waals surface area contributed by atoms with E-state index in [2.05, 4.69) is 11.8 Å². The van der Waals surface area contributed by atoms with Crippen molar-refractivity contribution in [2.45, 2.75) is 51.1 Å². The van der Waals surface area contributed by atoms with Gasteiger partial charge < -0.3 is 4.74 Å². The molecule has 1 heterocycles. The summed E-state index contributed by atoms with van der Waals surface area (Å²) in [5, 5.41) is 1.22. The average molecular weight is 543 g/mol. The maximum absolute atomic E-state index is 14.8. The third-order valence-electron chi connectivity index (χ3n) is 6.53. The molecular weight excluding hydrogens is 514 g/mol. The van der Waals surface area contributed by atoms with Gasteiger partial charge in [-0.2, -0.15) is 0 Å². The van der Waals surface area contributed by atoms with Crippen molar-refractivity contribution >= 4 is 39.1 Å². The second-order valence-electron chi connectivity index (χ2n) is 9.66. The molecule has 1 N–H and O–H groups in total. The van der Waals surface area contributed by atoms with Crippen LogP contribution in [-0.4, -0.2) is 44.7 Å². The number of carbonyl (C=O) groups excluding carboxylic acids is 1. The normalized spacial score (nSPS) is 21.1. The Bertz CT molecular complexity index is 1200. The summed E-state index contributed by atoms with van der Waals surface area (Å²) < 4.78 is 45.5. The summed E-state index contributed by atoms with van der Waals surface area (Å²) in [6, 6.07) is 8.60. The van der Waals surface area contributed by atoms with Gasteiger partial charge in [-0.3, -0.25) is 9.69 Å². The maximum Gasteiger partial charge on any atom is 0.267 e. The maximum atomic E-state index is 14.8. The number of piperidine rings is 1. The quantitative estimate of drug-likeness (QED) is 0.484. The molecule has 4 rings (SSSR count). The molecule has 10 heteroatoms. The third-order valence-corrected chi connectivity index (χ3v) is 7.52. The van der Waals surface area contributed by atoms with Crippen molar-refractivity contribution in [2.75, 3.05) is 19.4 Å². The van der Waals surface area contributed by atoms with E-state index in [0.29, 0.717) is 28.4 Å². The first kappa shape index (κ1) is 26.2. The average Bonchev–Trinajstić information content (AvgIpc) is 3.57. The zero-order valence-electron chi connectivity index (χ0n) is 19.7. The van der Waals surface area contributed by atoms with Gasteiger partial charge in [-0.25, -0.2) is 17.5 Å². The fourth-order valence-electron chi connectivity index (χ4n) is 4.57. The Morgan fingerprint density at radius 1 is 1.11 bits per heavy atom. The molecule has 1 saturated carbocycles. The zero-order valence-corrected chi connectivity index (χ0v) is 22.0. The van der Waals surface area contributed by atoms with E-state index in [1.54, 1.807) is 6.07 Å². The molecule has 0 unspecified atom stereocenters. The van der Waals surface area contributed by atoms with Gasteiger partial charge in [0.1, 0.15) is 11.6 Å². The van der Waals surface area contributed by atoms with E-state index in [9.17, 15) is 17.6 Å². The van der Waals surface area contributed by atoms with Crippen LogP contribution in [0, 0.1) is 11.7 Å². The molecule has 2 aromatic rings. The van der Waals surface area contributed by atoms with Gasteiger partial charge in [-0.05, 0) is 73.9 Å². The highest BCUT2D eigenvalue weighted by Gasteiger charge is 2.31. The molecule has 35 heavy (non-hydrogen) atoms. The Balaban J connectivity index is 1.44. The molecule has 2 aliphatic rings. The van der Waals surface area contributed by atoms with Gasteiger partial charge in [0.2, 0.25) is 10.0 Å². The lowest BCUT2D eigenvalue weighted by Gasteiger charge is -2.38. The van der Waals surface area contributed by atoms with Crippen molar-refractivity contribution in [3.63, 3.8) is 0 Å².